The molecule has 5 aliphatic rings. The lowest BCUT2D eigenvalue weighted by molar-refractivity contribution is -0.130. The Hall–Kier alpha value is -1.84. The standard InChI is InChI=1S/C24H32N2O2/c1-15-3-5-21(6-4-15)26-14-20(10-22(26)27)23(28)25-16(2)24-11-17-7-18(12-24)9-19(8-17)13-24/h3-6,16-20H,7-14H2,1-2H3,(H,25,28)/t16-,17?,18?,19?,20-,24?/m1/s1. The number of carbonyl (C=O) groups is 2. The molecule has 2 amide bonds. The van der Waals surface area contributed by atoms with Gasteiger partial charge in [0, 0.05) is 24.7 Å². The second-order valence-corrected chi connectivity index (χ2v) is 10.3. The molecular weight excluding hydrogens is 348 g/mol. The number of rotatable bonds is 4. The van der Waals surface area contributed by atoms with Gasteiger partial charge in [0.15, 0.2) is 0 Å². The van der Waals surface area contributed by atoms with Crippen LogP contribution in [0, 0.1) is 36.0 Å². The van der Waals surface area contributed by atoms with Gasteiger partial charge in [-0.2, -0.15) is 0 Å². The maximum Gasteiger partial charge on any atom is 0.227 e. The molecule has 2 atom stereocenters. The Bertz CT molecular complexity index is 749. The summed E-state index contributed by atoms with van der Waals surface area (Å²) in [6.45, 7) is 4.76. The van der Waals surface area contributed by atoms with Crippen LogP contribution in [0.4, 0.5) is 5.69 Å². The smallest absolute Gasteiger partial charge is 0.227 e. The molecule has 0 spiro atoms. The third-order valence-corrected chi connectivity index (χ3v) is 8.20. The van der Waals surface area contributed by atoms with Gasteiger partial charge in [0.1, 0.15) is 0 Å². The van der Waals surface area contributed by atoms with Crippen molar-refractivity contribution in [3.8, 4) is 0 Å². The predicted molar refractivity (Wildman–Crippen MR) is 110 cm³/mol. The molecule has 4 aliphatic carbocycles. The van der Waals surface area contributed by atoms with E-state index in [0.717, 1.165) is 23.4 Å². The molecule has 4 bridgehead atoms. The zero-order valence-electron chi connectivity index (χ0n) is 17.1. The van der Waals surface area contributed by atoms with Crippen LogP contribution in [0.15, 0.2) is 24.3 Å². The van der Waals surface area contributed by atoms with E-state index in [4.69, 9.17) is 0 Å². The van der Waals surface area contributed by atoms with E-state index in [9.17, 15) is 9.59 Å². The Morgan fingerprint density at radius 1 is 1.07 bits per heavy atom. The molecule has 1 N–H and O–H groups in total. The van der Waals surface area contributed by atoms with Crippen LogP contribution in [0.2, 0.25) is 0 Å². The largest absolute Gasteiger partial charge is 0.353 e. The van der Waals surface area contributed by atoms with Crippen molar-refractivity contribution in [3.63, 3.8) is 0 Å². The zero-order valence-corrected chi connectivity index (χ0v) is 17.1. The van der Waals surface area contributed by atoms with Gasteiger partial charge in [-0.25, -0.2) is 0 Å². The molecule has 1 heterocycles. The summed E-state index contributed by atoms with van der Waals surface area (Å²) in [6.07, 6.45) is 8.46. The lowest BCUT2D eigenvalue weighted by atomic mass is 9.48. The molecule has 1 saturated heterocycles. The highest BCUT2D eigenvalue weighted by Crippen LogP contribution is 2.61. The number of nitrogens with zero attached hydrogens (tertiary/aromatic N) is 1. The second kappa shape index (κ2) is 6.60. The van der Waals surface area contributed by atoms with E-state index in [1.54, 1.807) is 4.90 Å². The lowest BCUT2D eigenvalue weighted by Gasteiger charge is -2.59. The maximum atomic E-state index is 13.0. The number of carbonyl (C=O) groups excluding carboxylic acids is 2. The molecule has 4 heteroatoms. The molecule has 6 rings (SSSR count). The normalized spacial score (nSPS) is 37.4. The summed E-state index contributed by atoms with van der Waals surface area (Å²) in [5.74, 6) is 2.56. The molecule has 1 aromatic carbocycles. The van der Waals surface area contributed by atoms with Crippen molar-refractivity contribution in [2.45, 2.75) is 64.8 Å². The Morgan fingerprint density at radius 2 is 1.64 bits per heavy atom. The summed E-state index contributed by atoms with van der Waals surface area (Å²) in [6, 6.07) is 8.21. The third kappa shape index (κ3) is 3.05. The number of nitrogens with one attached hydrogen (secondary N) is 1. The summed E-state index contributed by atoms with van der Waals surface area (Å²) in [5, 5.41) is 3.36. The van der Waals surface area contributed by atoms with Gasteiger partial charge in [0.25, 0.3) is 0 Å². The van der Waals surface area contributed by atoms with Crippen molar-refractivity contribution < 1.29 is 9.59 Å². The Balaban J connectivity index is 1.25. The summed E-state index contributed by atoms with van der Waals surface area (Å²) < 4.78 is 0. The first-order chi connectivity index (χ1) is 13.4. The van der Waals surface area contributed by atoms with Crippen LogP contribution >= 0.6 is 0 Å². The van der Waals surface area contributed by atoms with Crippen LogP contribution in [0.3, 0.4) is 0 Å². The Morgan fingerprint density at radius 3 is 2.21 bits per heavy atom. The van der Waals surface area contributed by atoms with Crippen LogP contribution in [0.25, 0.3) is 0 Å². The van der Waals surface area contributed by atoms with Gasteiger partial charge in [-0.3, -0.25) is 9.59 Å². The molecule has 1 aromatic rings. The molecule has 150 valence electrons. The average Bonchev–Trinajstić information content (AvgIpc) is 3.03. The molecule has 5 fully saturated rings. The van der Waals surface area contributed by atoms with Crippen LogP contribution in [0.1, 0.15) is 57.4 Å². The number of benzene rings is 1. The minimum absolute atomic E-state index is 0.0615. The van der Waals surface area contributed by atoms with Crippen molar-refractivity contribution >= 4 is 17.5 Å². The van der Waals surface area contributed by atoms with Gasteiger partial charge < -0.3 is 10.2 Å². The summed E-state index contributed by atoms with van der Waals surface area (Å²) >= 11 is 0. The maximum absolute atomic E-state index is 13.0. The molecular formula is C24H32N2O2. The van der Waals surface area contributed by atoms with Gasteiger partial charge in [-0.15, -0.1) is 0 Å². The van der Waals surface area contributed by atoms with E-state index in [1.165, 1.54) is 44.1 Å². The fourth-order valence-electron chi connectivity index (χ4n) is 7.05. The fourth-order valence-corrected chi connectivity index (χ4v) is 7.05. The number of hydrogen-bond donors (Lipinski definition) is 1. The summed E-state index contributed by atoms with van der Waals surface area (Å²) in [4.78, 5) is 27.3. The third-order valence-electron chi connectivity index (χ3n) is 8.20. The minimum atomic E-state index is -0.231. The molecule has 4 nitrogen and oxygen atoms in total. The van der Waals surface area contributed by atoms with Gasteiger partial charge in [0.2, 0.25) is 11.8 Å². The van der Waals surface area contributed by atoms with Gasteiger partial charge >= 0.3 is 0 Å². The van der Waals surface area contributed by atoms with E-state index in [-0.39, 0.29) is 23.8 Å². The van der Waals surface area contributed by atoms with Crippen LogP contribution < -0.4 is 10.2 Å². The van der Waals surface area contributed by atoms with Crippen LogP contribution in [-0.2, 0) is 9.59 Å². The number of hydrogen-bond acceptors (Lipinski definition) is 2. The highest BCUT2D eigenvalue weighted by molar-refractivity contribution is 6.00. The Kier molecular flexibility index (Phi) is 4.29. The Labute approximate surface area is 168 Å². The first-order valence-corrected chi connectivity index (χ1v) is 11.1. The lowest BCUT2D eigenvalue weighted by Crippen LogP contribution is -2.56. The van der Waals surface area contributed by atoms with Crippen LogP contribution in [0.5, 0.6) is 0 Å². The highest BCUT2D eigenvalue weighted by atomic mass is 16.2. The van der Waals surface area contributed by atoms with Crippen molar-refractivity contribution in [1.82, 2.24) is 5.32 Å². The quantitative estimate of drug-likeness (QED) is 0.856. The van der Waals surface area contributed by atoms with E-state index < -0.39 is 0 Å². The van der Waals surface area contributed by atoms with E-state index >= 15 is 0 Å². The van der Waals surface area contributed by atoms with Crippen LogP contribution in [-0.4, -0.2) is 24.4 Å². The fraction of sp³-hybridized carbons (Fsp3) is 0.667. The first-order valence-electron chi connectivity index (χ1n) is 11.1. The predicted octanol–water partition coefficient (Wildman–Crippen LogP) is 4.07. The first kappa shape index (κ1) is 18.2. The van der Waals surface area contributed by atoms with Gasteiger partial charge in [0.05, 0.1) is 5.92 Å². The molecule has 1 aliphatic heterocycles. The van der Waals surface area contributed by atoms with E-state index in [1.807, 2.05) is 31.2 Å². The van der Waals surface area contributed by atoms with Gasteiger partial charge in [-0.1, -0.05) is 17.7 Å². The molecule has 0 radical (unpaired) electrons. The summed E-state index contributed by atoms with van der Waals surface area (Å²) in [5.41, 5.74) is 2.39. The van der Waals surface area contributed by atoms with E-state index in [0.29, 0.717) is 18.4 Å². The zero-order chi connectivity index (χ0) is 19.5. The SMILES string of the molecule is Cc1ccc(N2C[C@H](C(=O)N[C@H](C)C34CC5CC(CC(C5)C3)C4)CC2=O)cc1. The number of amides is 2. The van der Waals surface area contributed by atoms with Crippen molar-refractivity contribution in [3.05, 3.63) is 29.8 Å². The topological polar surface area (TPSA) is 49.4 Å². The van der Waals surface area contributed by atoms with Crippen molar-refractivity contribution in [2.24, 2.45) is 29.1 Å². The highest BCUT2D eigenvalue weighted by Gasteiger charge is 2.53. The average molecular weight is 381 g/mol. The summed E-state index contributed by atoms with van der Waals surface area (Å²) in [7, 11) is 0. The number of aryl methyl sites for hydroxylation is 1. The molecule has 0 aromatic heterocycles. The number of anilines is 1. The monoisotopic (exact) mass is 380 g/mol. The molecule has 4 saturated carbocycles. The molecule has 0 unspecified atom stereocenters. The molecule has 28 heavy (non-hydrogen) atoms. The second-order valence-electron chi connectivity index (χ2n) is 10.3. The van der Waals surface area contributed by atoms with Crippen molar-refractivity contribution in [1.29, 1.82) is 0 Å². The van der Waals surface area contributed by atoms with Gasteiger partial charge in [-0.05, 0) is 87.7 Å². The minimum Gasteiger partial charge on any atom is -0.353 e. The van der Waals surface area contributed by atoms with E-state index in [2.05, 4.69) is 12.2 Å². The van der Waals surface area contributed by atoms with Crippen molar-refractivity contribution in [2.75, 3.05) is 11.4 Å².